The molecule has 0 fully saturated rings. The van der Waals surface area contributed by atoms with Crippen LogP contribution in [0.3, 0.4) is 0 Å². The molecule has 4 nitrogen and oxygen atoms in total. The lowest BCUT2D eigenvalue weighted by Crippen LogP contribution is -2.47. The van der Waals surface area contributed by atoms with Crippen LogP contribution >= 0.6 is 0 Å². The van der Waals surface area contributed by atoms with Crippen LogP contribution in [0.4, 0.5) is 0 Å². The summed E-state index contributed by atoms with van der Waals surface area (Å²) in [5, 5.41) is 12.5. The van der Waals surface area contributed by atoms with Gasteiger partial charge >= 0.3 is 0 Å². The minimum atomic E-state index is -0.823. The van der Waals surface area contributed by atoms with Gasteiger partial charge in [0.05, 0.1) is 11.6 Å². The number of nitrogens with one attached hydrogen (secondary N) is 1. The molecule has 15 heavy (non-hydrogen) atoms. The lowest BCUT2D eigenvalue weighted by Gasteiger charge is -2.23. The minimum absolute atomic E-state index is 0.173. The summed E-state index contributed by atoms with van der Waals surface area (Å²) in [5.74, 6) is -0.173. The Morgan fingerprint density at radius 2 is 2.07 bits per heavy atom. The average Bonchev–Trinajstić information content (AvgIpc) is 2.14. The van der Waals surface area contributed by atoms with Crippen LogP contribution in [0.5, 0.6) is 0 Å². The predicted molar refractivity (Wildman–Crippen MR) is 61.4 cm³/mol. The van der Waals surface area contributed by atoms with Crippen LogP contribution in [0.15, 0.2) is 0 Å². The van der Waals surface area contributed by atoms with Gasteiger partial charge in [0.1, 0.15) is 0 Å². The largest absolute Gasteiger partial charge is 0.388 e. The first-order valence-electron chi connectivity index (χ1n) is 5.68. The summed E-state index contributed by atoms with van der Waals surface area (Å²) in [5.41, 5.74) is 4.81. The Kier molecular flexibility index (Phi) is 6.52. The van der Waals surface area contributed by atoms with Gasteiger partial charge in [-0.25, -0.2) is 0 Å². The molecule has 4 N–H and O–H groups in total. The normalized spacial score (nSPS) is 16.9. The van der Waals surface area contributed by atoms with E-state index in [-0.39, 0.29) is 12.5 Å². The molecule has 0 aromatic rings. The first-order valence-corrected chi connectivity index (χ1v) is 5.68. The molecule has 0 aromatic heterocycles. The second-order valence-electron chi connectivity index (χ2n) is 4.36. The number of aliphatic hydroxyl groups is 1. The van der Waals surface area contributed by atoms with Crippen molar-refractivity contribution in [3.8, 4) is 0 Å². The summed E-state index contributed by atoms with van der Waals surface area (Å²) in [6.45, 7) is 5.98. The van der Waals surface area contributed by atoms with Crippen molar-refractivity contribution in [2.75, 3.05) is 6.54 Å². The zero-order valence-corrected chi connectivity index (χ0v) is 10.0. The molecule has 90 valence electrons. The van der Waals surface area contributed by atoms with Crippen molar-refractivity contribution in [2.45, 2.75) is 58.1 Å². The van der Waals surface area contributed by atoms with E-state index in [9.17, 15) is 9.90 Å². The second-order valence-corrected chi connectivity index (χ2v) is 4.36. The van der Waals surface area contributed by atoms with Crippen molar-refractivity contribution in [1.29, 1.82) is 0 Å². The van der Waals surface area contributed by atoms with Crippen LogP contribution in [0, 0.1) is 0 Å². The lowest BCUT2D eigenvalue weighted by molar-refractivity contribution is -0.123. The van der Waals surface area contributed by atoms with E-state index in [0.29, 0.717) is 12.8 Å². The molecule has 0 radical (unpaired) electrons. The number of carbonyl (C=O) groups excluding carboxylic acids is 1. The number of hydrogen-bond donors (Lipinski definition) is 3. The molecule has 0 saturated carbocycles. The Morgan fingerprint density at radius 3 is 2.53 bits per heavy atom. The van der Waals surface area contributed by atoms with Gasteiger partial charge in [-0.05, 0) is 19.8 Å². The topological polar surface area (TPSA) is 75.4 Å². The van der Waals surface area contributed by atoms with Gasteiger partial charge in [0.15, 0.2) is 0 Å². The van der Waals surface area contributed by atoms with Gasteiger partial charge in [0, 0.05) is 6.54 Å². The van der Waals surface area contributed by atoms with E-state index in [1.165, 1.54) is 0 Å². The third-order valence-corrected chi connectivity index (χ3v) is 2.37. The Morgan fingerprint density at radius 1 is 1.47 bits per heavy atom. The number of rotatable bonds is 7. The molecule has 0 rings (SSSR count). The van der Waals surface area contributed by atoms with E-state index >= 15 is 0 Å². The maximum Gasteiger partial charge on any atom is 0.237 e. The van der Waals surface area contributed by atoms with Gasteiger partial charge in [-0.15, -0.1) is 0 Å². The lowest BCUT2D eigenvalue weighted by atomic mass is 10.0. The highest BCUT2D eigenvalue weighted by Crippen LogP contribution is 2.09. The van der Waals surface area contributed by atoms with Crippen LogP contribution < -0.4 is 11.1 Å². The predicted octanol–water partition coefficient (Wildman–Crippen LogP) is 0.781. The third-order valence-electron chi connectivity index (χ3n) is 2.37. The van der Waals surface area contributed by atoms with Crippen LogP contribution in [-0.2, 0) is 4.79 Å². The Labute approximate surface area is 92.2 Å². The van der Waals surface area contributed by atoms with Crippen molar-refractivity contribution in [2.24, 2.45) is 5.73 Å². The highest BCUT2D eigenvalue weighted by molar-refractivity contribution is 5.81. The van der Waals surface area contributed by atoms with E-state index in [4.69, 9.17) is 5.73 Å². The molecule has 0 aliphatic heterocycles. The Bertz CT molecular complexity index is 193. The SMILES string of the molecule is CCC[C@@H](N)C(=O)NCC(C)(O)CCC. The van der Waals surface area contributed by atoms with Crippen molar-refractivity contribution >= 4 is 5.91 Å². The summed E-state index contributed by atoms with van der Waals surface area (Å²) in [6.07, 6.45) is 3.14. The zero-order chi connectivity index (χ0) is 11.9. The van der Waals surface area contributed by atoms with Gasteiger partial charge in [-0.3, -0.25) is 4.79 Å². The monoisotopic (exact) mass is 216 g/mol. The fourth-order valence-corrected chi connectivity index (χ4v) is 1.48. The van der Waals surface area contributed by atoms with Gasteiger partial charge in [0.2, 0.25) is 5.91 Å². The molecule has 0 aromatic carbocycles. The van der Waals surface area contributed by atoms with Crippen molar-refractivity contribution in [3.05, 3.63) is 0 Å². The highest BCUT2D eigenvalue weighted by Gasteiger charge is 2.21. The van der Waals surface area contributed by atoms with Crippen LogP contribution in [0.2, 0.25) is 0 Å². The molecule has 0 aliphatic rings. The van der Waals surface area contributed by atoms with Crippen LogP contribution in [0.25, 0.3) is 0 Å². The molecule has 1 amide bonds. The van der Waals surface area contributed by atoms with Crippen LogP contribution in [-0.4, -0.2) is 29.2 Å². The van der Waals surface area contributed by atoms with E-state index in [2.05, 4.69) is 5.32 Å². The average molecular weight is 216 g/mol. The third kappa shape index (κ3) is 6.47. The van der Waals surface area contributed by atoms with Crippen molar-refractivity contribution in [1.82, 2.24) is 5.32 Å². The standard InChI is InChI=1S/C11H24N2O2/c1-4-6-9(12)10(14)13-8-11(3,15)7-5-2/h9,15H,4-8,12H2,1-3H3,(H,13,14)/t9-,11?/m1/s1. The summed E-state index contributed by atoms with van der Waals surface area (Å²) in [6, 6.07) is -0.451. The molecule has 0 bridgehead atoms. The Balaban J connectivity index is 3.88. The molecule has 4 heteroatoms. The maximum atomic E-state index is 11.4. The van der Waals surface area contributed by atoms with Crippen molar-refractivity contribution < 1.29 is 9.90 Å². The van der Waals surface area contributed by atoms with E-state index in [0.717, 1.165) is 12.8 Å². The van der Waals surface area contributed by atoms with Gasteiger partial charge in [-0.2, -0.15) is 0 Å². The van der Waals surface area contributed by atoms with E-state index in [1.807, 2.05) is 13.8 Å². The number of carbonyl (C=O) groups is 1. The minimum Gasteiger partial charge on any atom is -0.388 e. The zero-order valence-electron chi connectivity index (χ0n) is 10.0. The molecule has 0 spiro atoms. The summed E-state index contributed by atoms with van der Waals surface area (Å²) < 4.78 is 0. The smallest absolute Gasteiger partial charge is 0.237 e. The number of hydrogen-bond acceptors (Lipinski definition) is 3. The van der Waals surface area contributed by atoms with E-state index < -0.39 is 11.6 Å². The second kappa shape index (κ2) is 6.80. The number of nitrogens with two attached hydrogens (primary N) is 1. The highest BCUT2D eigenvalue weighted by atomic mass is 16.3. The summed E-state index contributed by atoms with van der Waals surface area (Å²) >= 11 is 0. The summed E-state index contributed by atoms with van der Waals surface area (Å²) in [7, 11) is 0. The molecular weight excluding hydrogens is 192 g/mol. The molecule has 0 aliphatic carbocycles. The molecular formula is C11H24N2O2. The first-order chi connectivity index (χ1) is 6.93. The van der Waals surface area contributed by atoms with Gasteiger partial charge in [0.25, 0.3) is 0 Å². The summed E-state index contributed by atoms with van der Waals surface area (Å²) in [4.78, 5) is 11.4. The van der Waals surface area contributed by atoms with Gasteiger partial charge in [-0.1, -0.05) is 26.7 Å². The maximum absolute atomic E-state index is 11.4. The fraction of sp³-hybridized carbons (Fsp3) is 0.909. The molecule has 2 atom stereocenters. The molecule has 0 heterocycles. The molecule has 1 unspecified atom stereocenters. The quantitative estimate of drug-likeness (QED) is 0.588. The first kappa shape index (κ1) is 14.4. The Hall–Kier alpha value is -0.610. The van der Waals surface area contributed by atoms with Crippen molar-refractivity contribution in [3.63, 3.8) is 0 Å². The number of amides is 1. The fourth-order valence-electron chi connectivity index (χ4n) is 1.48. The van der Waals surface area contributed by atoms with Gasteiger partial charge < -0.3 is 16.2 Å². The van der Waals surface area contributed by atoms with E-state index in [1.54, 1.807) is 6.92 Å². The van der Waals surface area contributed by atoms with Crippen LogP contribution in [0.1, 0.15) is 46.5 Å². The molecule has 0 saturated heterocycles.